The first-order chi connectivity index (χ1) is 7.82. The smallest absolute Gasteiger partial charge is 0.308 e. The Bertz CT molecular complexity index is 549. The predicted molar refractivity (Wildman–Crippen MR) is 58.9 cm³/mol. The van der Waals surface area contributed by atoms with Crippen LogP contribution < -0.4 is 0 Å². The molecular weight excluding hydrogens is 247 g/mol. The lowest BCUT2D eigenvalue weighted by Gasteiger charge is -1.98. The molecule has 1 aliphatic rings. The van der Waals surface area contributed by atoms with E-state index in [1.807, 2.05) is 0 Å². The summed E-state index contributed by atoms with van der Waals surface area (Å²) in [6, 6.07) is 5.26. The third kappa shape index (κ3) is 2.17. The first-order valence-corrected chi connectivity index (χ1v) is 6.95. The molecule has 0 spiro atoms. The molecule has 0 saturated heterocycles. The molecule has 1 N–H and O–H groups in total. The molecule has 0 bridgehead atoms. The van der Waals surface area contributed by atoms with Gasteiger partial charge in [-0.2, -0.15) is 0 Å². The van der Waals surface area contributed by atoms with E-state index in [9.17, 15) is 17.6 Å². The number of carbonyl (C=O) groups is 1. The van der Waals surface area contributed by atoms with E-state index in [4.69, 9.17) is 5.11 Å². The topological polar surface area (TPSA) is 71.4 Å². The number of hydrogen-bond donors (Lipinski definition) is 1. The maximum atomic E-state index is 12.7. The van der Waals surface area contributed by atoms with E-state index >= 15 is 0 Å². The molecule has 0 aromatic heterocycles. The Morgan fingerprint density at radius 3 is 2.18 bits per heavy atom. The fourth-order valence-corrected chi connectivity index (χ4v) is 3.78. The average molecular weight is 258 g/mol. The van der Waals surface area contributed by atoms with Crippen molar-refractivity contribution in [2.45, 2.75) is 11.2 Å². The van der Waals surface area contributed by atoms with Crippen LogP contribution in [0.2, 0.25) is 0 Å². The van der Waals surface area contributed by atoms with E-state index in [0.29, 0.717) is 5.56 Å². The maximum Gasteiger partial charge on any atom is 0.308 e. The number of halogens is 1. The molecule has 0 unspecified atom stereocenters. The molecule has 1 fully saturated rings. The van der Waals surface area contributed by atoms with E-state index in [1.165, 1.54) is 24.3 Å². The van der Waals surface area contributed by atoms with Gasteiger partial charge in [0.25, 0.3) is 0 Å². The molecule has 2 rings (SSSR count). The highest BCUT2D eigenvalue weighted by atomic mass is 32.2. The van der Waals surface area contributed by atoms with Crippen molar-refractivity contribution < 1.29 is 22.7 Å². The van der Waals surface area contributed by atoms with Crippen LogP contribution in [0.5, 0.6) is 0 Å². The monoisotopic (exact) mass is 258 g/mol. The molecule has 0 radical (unpaired) electrons. The molecule has 17 heavy (non-hydrogen) atoms. The molecule has 92 valence electrons. The van der Waals surface area contributed by atoms with E-state index in [2.05, 4.69) is 0 Å². The molecule has 1 aromatic carbocycles. The summed E-state index contributed by atoms with van der Waals surface area (Å²) in [6.07, 6.45) is 1.02. The van der Waals surface area contributed by atoms with Gasteiger partial charge in [-0.25, -0.2) is 12.8 Å². The number of rotatable bonds is 3. The van der Waals surface area contributed by atoms with E-state index in [0.717, 1.165) is 6.26 Å². The van der Waals surface area contributed by atoms with Crippen LogP contribution in [0.25, 0.3) is 0 Å². The summed E-state index contributed by atoms with van der Waals surface area (Å²) in [5.41, 5.74) is 0.550. The van der Waals surface area contributed by atoms with E-state index in [-0.39, 0.29) is 0 Å². The molecule has 3 atom stereocenters. The van der Waals surface area contributed by atoms with Crippen LogP contribution >= 0.6 is 0 Å². The predicted octanol–water partition coefficient (Wildman–Crippen LogP) is 1.04. The van der Waals surface area contributed by atoms with Gasteiger partial charge >= 0.3 is 5.97 Å². The van der Waals surface area contributed by atoms with E-state index < -0.39 is 38.7 Å². The first kappa shape index (κ1) is 12.0. The van der Waals surface area contributed by atoms with Gasteiger partial charge in [-0.1, -0.05) is 12.1 Å². The number of carboxylic acid groups (broad SMARTS) is 1. The summed E-state index contributed by atoms with van der Waals surface area (Å²) in [6.45, 7) is 0. The van der Waals surface area contributed by atoms with Crippen LogP contribution in [0.4, 0.5) is 4.39 Å². The Balaban J connectivity index is 2.34. The molecule has 0 aliphatic heterocycles. The fourth-order valence-electron chi connectivity index (χ4n) is 2.19. The lowest BCUT2D eigenvalue weighted by atomic mass is 10.1. The number of sulfone groups is 1. The molecule has 4 nitrogen and oxygen atoms in total. The summed E-state index contributed by atoms with van der Waals surface area (Å²) in [7, 11) is -3.41. The number of hydrogen-bond acceptors (Lipinski definition) is 3. The quantitative estimate of drug-likeness (QED) is 0.879. The fraction of sp³-hybridized carbons (Fsp3) is 0.364. The van der Waals surface area contributed by atoms with Crippen molar-refractivity contribution in [3.63, 3.8) is 0 Å². The molecular formula is C11H11FO4S. The second kappa shape index (κ2) is 3.80. The van der Waals surface area contributed by atoms with Gasteiger partial charge in [0, 0.05) is 12.2 Å². The van der Waals surface area contributed by atoms with Crippen molar-refractivity contribution in [2.75, 3.05) is 6.26 Å². The summed E-state index contributed by atoms with van der Waals surface area (Å²) in [5.74, 6) is -3.05. The minimum atomic E-state index is -3.41. The van der Waals surface area contributed by atoms with Gasteiger partial charge in [0.05, 0.1) is 11.2 Å². The number of benzene rings is 1. The lowest BCUT2D eigenvalue weighted by Crippen LogP contribution is -2.10. The van der Waals surface area contributed by atoms with Crippen LogP contribution in [-0.4, -0.2) is 31.0 Å². The highest BCUT2D eigenvalue weighted by Gasteiger charge is 2.61. The first-order valence-electron chi connectivity index (χ1n) is 4.99. The Hall–Kier alpha value is -1.43. The summed E-state index contributed by atoms with van der Waals surface area (Å²) in [4.78, 5) is 10.9. The molecule has 0 amide bonds. The Labute approximate surface area is 98.0 Å². The Morgan fingerprint density at radius 1 is 1.29 bits per heavy atom. The van der Waals surface area contributed by atoms with Gasteiger partial charge in [0.2, 0.25) is 0 Å². The number of carboxylic acids is 1. The van der Waals surface area contributed by atoms with Gasteiger partial charge in [0.1, 0.15) is 5.82 Å². The molecule has 6 heteroatoms. The summed E-state index contributed by atoms with van der Waals surface area (Å²) in [5, 5.41) is 8.04. The third-order valence-corrected chi connectivity index (χ3v) is 4.56. The van der Waals surface area contributed by atoms with Gasteiger partial charge in [0.15, 0.2) is 9.84 Å². The van der Waals surface area contributed by atoms with Gasteiger partial charge in [-0.05, 0) is 17.7 Å². The molecule has 0 heterocycles. The summed E-state index contributed by atoms with van der Waals surface area (Å²) >= 11 is 0. The second-order valence-corrected chi connectivity index (χ2v) is 6.44. The van der Waals surface area contributed by atoms with Crippen LogP contribution in [0.15, 0.2) is 24.3 Å². The van der Waals surface area contributed by atoms with Crippen LogP contribution in [0.3, 0.4) is 0 Å². The van der Waals surface area contributed by atoms with Crippen molar-refractivity contribution in [1.82, 2.24) is 0 Å². The van der Waals surface area contributed by atoms with Gasteiger partial charge in [-0.3, -0.25) is 4.79 Å². The zero-order valence-corrected chi connectivity index (χ0v) is 9.82. The van der Waals surface area contributed by atoms with Crippen molar-refractivity contribution in [2.24, 2.45) is 5.92 Å². The minimum Gasteiger partial charge on any atom is -0.481 e. The zero-order chi connectivity index (χ0) is 12.8. The Kier molecular flexibility index (Phi) is 2.69. The van der Waals surface area contributed by atoms with Gasteiger partial charge in [-0.15, -0.1) is 0 Å². The number of aliphatic carboxylic acids is 1. The average Bonchev–Trinajstić information content (AvgIpc) is 2.93. The third-order valence-electron chi connectivity index (χ3n) is 2.99. The van der Waals surface area contributed by atoms with Gasteiger partial charge < -0.3 is 5.11 Å². The van der Waals surface area contributed by atoms with Crippen molar-refractivity contribution >= 4 is 15.8 Å². The zero-order valence-electron chi connectivity index (χ0n) is 9.00. The molecule has 1 saturated carbocycles. The highest BCUT2D eigenvalue weighted by molar-refractivity contribution is 7.91. The normalized spacial score (nSPS) is 27.8. The molecule has 1 aliphatic carbocycles. The second-order valence-electron chi connectivity index (χ2n) is 4.24. The maximum absolute atomic E-state index is 12.7. The van der Waals surface area contributed by atoms with Crippen molar-refractivity contribution in [3.05, 3.63) is 35.6 Å². The largest absolute Gasteiger partial charge is 0.481 e. The van der Waals surface area contributed by atoms with Crippen LogP contribution in [0.1, 0.15) is 11.5 Å². The summed E-state index contributed by atoms with van der Waals surface area (Å²) < 4.78 is 35.6. The van der Waals surface area contributed by atoms with E-state index in [1.54, 1.807) is 0 Å². The van der Waals surface area contributed by atoms with Crippen molar-refractivity contribution in [1.29, 1.82) is 0 Å². The standard InChI is InChI=1S/C11H11FO4S/c1-17(15,16)10-8(9(10)11(13)14)6-2-4-7(12)5-3-6/h2-5,8-10H,1H3,(H,13,14)/t8-,9-,10+/m0/s1. The van der Waals surface area contributed by atoms with Crippen LogP contribution in [0, 0.1) is 11.7 Å². The highest BCUT2D eigenvalue weighted by Crippen LogP contribution is 2.52. The lowest BCUT2D eigenvalue weighted by molar-refractivity contribution is -0.138. The van der Waals surface area contributed by atoms with Crippen molar-refractivity contribution in [3.8, 4) is 0 Å². The SMILES string of the molecule is CS(=O)(=O)[C@H]1[C@@H](C(=O)O)[C@@H]1c1ccc(F)cc1. The minimum absolute atomic E-state index is 0.433. The molecule has 1 aromatic rings. The Morgan fingerprint density at radius 2 is 1.82 bits per heavy atom. The van der Waals surface area contributed by atoms with Crippen LogP contribution in [-0.2, 0) is 14.6 Å².